The lowest BCUT2D eigenvalue weighted by molar-refractivity contribution is -0.131. The van der Waals surface area contributed by atoms with Crippen molar-refractivity contribution in [3.05, 3.63) is 24.0 Å². The number of carbonyl (C=O) groups is 1. The lowest BCUT2D eigenvalue weighted by Crippen LogP contribution is -2.38. The minimum atomic E-state index is -0.965. The Hall–Kier alpha value is -1.71. The highest BCUT2D eigenvalue weighted by molar-refractivity contribution is 5.84. The van der Waals surface area contributed by atoms with Crippen LogP contribution in [0.5, 0.6) is 0 Å². The van der Waals surface area contributed by atoms with Crippen LogP contribution in [-0.4, -0.2) is 24.2 Å². The van der Waals surface area contributed by atoms with E-state index in [1.807, 2.05) is 6.07 Å². The predicted octanol–water partition coefficient (Wildman–Crippen LogP) is 2.86. The number of carboxylic acid groups (broad SMARTS) is 1. The molecular formula is C14H19NO3. The predicted molar refractivity (Wildman–Crippen MR) is 70.5 cm³/mol. The summed E-state index contributed by atoms with van der Waals surface area (Å²) >= 11 is 0. The largest absolute Gasteiger partial charge is 0.478 e. The van der Waals surface area contributed by atoms with Gasteiger partial charge in [-0.1, -0.05) is 13.8 Å². The van der Waals surface area contributed by atoms with Gasteiger partial charge in [-0.05, 0) is 30.4 Å². The zero-order valence-corrected chi connectivity index (χ0v) is 10.8. The number of carboxylic acids is 1. The first-order chi connectivity index (χ1) is 8.54. The number of furan rings is 1. The lowest BCUT2D eigenvalue weighted by Gasteiger charge is -2.34. The average molecular weight is 249 g/mol. The van der Waals surface area contributed by atoms with Crippen LogP contribution in [0, 0.1) is 11.8 Å². The van der Waals surface area contributed by atoms with E-state index in [2.05, 4.69) is 18.7 Å². The number of aliphatic carboxylic acids is 1. The van der Waals surface area contributed by atoms with Crippen LogP contribution >= 0.6 is 0 Å². The van der Waals surface area contributed by atoms with E-state index in [4.69, 9.17) is 9.52 Å². The van der Waals surface area contributed by atoms with Crippen molar-refractivity contribution in [1.29, 1.82) is 0 Å². The fourth-order valence-corrected chi connectivity index (χ4v) is 2.60. The molecule has 1 aliphatic heterocycles. The standard InChI is InChI=1S/C14H19NO3/c1-10-7-11(2)9-15(8-10)13-5-3-12(18-13)4-6-14(16)17/h3-6,10-11H,7-9H2,1-2H3,(H,16,17)/b6-4+. The van der Waals surface area contributed by atoms with Crippen LogP contribution < -0.4 is 4.90 Å². The summed E-state index contributed by atoms with van der Waals surface area (Å²) in [5.41, 5.74) is 0. The maximum atomic E-state index is 10.4. The SMILES string of the molecule is CC1CC(C)CN(c2ccc(/C=C/C(=O)O)o2)C1. The minimum Gasteiger partial charge on any atom is -0.478 e. The number of rotatable bonds is 3. The molecule has 0 amide bonds. The fourth-order valence-electron chi connectivity index (χ4n) is 2.60. The Bertz CT molecular complexity index is 440. The van der Waals surface area contributed by atoms with Crippen molar-refractivity contribution < 1.29 is 14.3 Å². The molecule has 1 aliphatic rings. The summed E-state index contributed by atoms with van der Waals surface area (Å²) in [4.78, 5) is 12.7. The highest BCUT2D eigenvalue weighted by Gasteiger charge is 2.23. The summed E-state index contributed by atoms with van der Waals surface area (Å²) in [5.74, 6) is 1.78. The molecule has 0 bridgehead atoms. The lowest BCUT2D eigenvalue weighted by atomic mass is 9.92. The molecule has 2 rings (SSSR count). The Kier molecular flexibility index (Phi) is 3.75. The first-order valence-electron chi connectivity index (χ1n) is 6.30. The Morgan fingerprint density at radius 3 is 2.67 bits per heavy atom. The van der Waals surface area contributed by atoms with Gasteiger partial charge in [-0.15, -0.1) is 0 Å². The van der Waals surface area contributed by atoms with E-state index < -0.39 is 5.97 Å². The Labute approximate surface area is 107 Å². The number of anilines is 1. The van der Waals surface area contributed by atoms with E-state index in [-0.39, 0.29) is 0 Å². The van der Waals surface area contributed by atoms with Crippen molar-refractivity contribution in [2.75, 3.05) is 18.0 Å². The molecule has 0 saturated carbocycles. The topological polar surface area (TPSA) is 53.7 Å². The summed E-state index contributed by atoms with van der Waals surface area (Å²) in [6, 6.07) is 3.71. The van der Waals surface area contributed by atoms with E-state index in [9.17, 15) is 4.79 Å². The molecule has 0 aromatic carbocycles. The molecule has 0 aliphatic carbocycles. The smallest absolute Gasteiger partial charge is 0.328 e. The van der Waals surface area contributed by atoms with Crippen LogP contribution in [0.1, 0.15) is 26.0 Å². The van der Waals surface area contributed by atoms with Gasteiger partial charge >= 0.3 is 5.97 Å². The van der Waals surface area contributed by atoms with Crippen LogP contribution in [0.3, 0.4) is 0 Å². The van der Waals surface area contributed by atoms with Crippen molar-refractivity contribution in [2.45, 2.75) is 20.3 Å². The van der Waals surface area contributed by atoms with Crippen LogP contribution in [0.2, 0.25) is 0 Å². The molecule has 1 saturated heterocycles. The van der Waals surface area contributed by atoms with Crippen LogP contribution in [-0.2, 0) is 4.79 Å². The first kappa shape index (κ1) is 12.7. The van der Waals surface area contributed by atoms with Gasteiger partial charge in [-0.25, -0.2) is 4.79 Å². The fraction of sp³-hybridized carbons (Fsp3) is 0.500. The van der Waals surface area contributed by atoms with E-state index in [1.165, 1.54) is 12.5 Å². The molecule has 4 nitrogen and oxygen atoms in total. The molecule has 1 aromatic heterocycles. The second-order valence-electron chi connectivity index (χ2n) is 5.20. The molecule has 1 fully saturated rings. The van der Waals surface area contributed by atoms with Crippen molar-refractivity contribution in [1.82, 2.24) is 0 Å². The molecule has 98 valence electrons. The maximum absolute atomic E-state index is 10.4. The molecule has 2 atom stereocenters. The first-order valence-corrected chi connectivity index (χ1v) is 6.30. The average Bonchev–Trinajstić information content (AvgIpc) is 2.73. The van der Waals surface area contributed by atoms with Gasteiger partial charge in [0, 0.05) is 25.2 Å². The van der Waals surface area contributed by atoms with Crippen molar-refractivity contribution in [3.8, 4) is 0 Å². The summed E-state index contributed by atoms with van der Waals surface area (Å²) in [6.45, 7) is 6.49. The van der Waals surface area contributed by atoms with Crippen LogP contribution in [0.25, 0.3) is 6.08 Å². The van der Waals surface area contributed by atoms with Gasteiger partial charge in [0.1, 0.15) is 5.76 Å². The van der Waals surface area contributed by atoms with Crippen LogP contribution in [0.15, 0.2) is 22.6 Å². The number of hydrogen-bond acceptors (Lipinski definition) is 3. The summed E-state index contributed by atoms with van der Waals surface area (Å²) in [6.07, 6.45) is 3.82. The third-order valence-corrected chi connectivity index (χ3v) is 3.18. The van der Waals surface area contributed by atoms with Gasteiger partial charge in [0.25, 0.3) is 0 Å². The molecule has 4 heteroatoms. The molecule has 18 heavy (non-hydrogen) atoms. The molecule has 0 spiro atoms. The van der Waals surface area contributed by atoms with Crippen LogP contribution in [0.4, 0.5) is 5.88 Å². The molecule has 1 aromatic rings. The van der Waals surface area contributed by atoms with Crippen molar-refractivity contribution in [2.24, 2.45) is 11.8 Å². The van der Waals surface area contributed by atoms with E-state index in [0.717, 1.165) is 25.0 Å². The zero-order valence-electron chi connectivity index (χ0n) is 10.8. The van der Waals surface area contributed by atoms with E-state index in [1.54, 1.807) is 6.07 Å². The third-order valence-electron chi connectivity index (χ3n) is 3.18. The van der Waals surface area contributed by atoms with E-state index >= 15 is 0 Å². The molecular weight excluding hydrogens is 230 g/mol. The van der Waals surface area contributed by atoms with Crippen molar-refractivity contribution >= 4 is 17.9 Å². The normalized spacial score (nSPS) is 24.7. The second kappa shape index (κ2) is 5.29. The van der Waals surface area contributed by atoms with Gasteiger partial charge in [0.2, 0.25) is 0 Å². The third kappa shape index (κ3) is 3.15. The van der Waals surface area contributed by atoms with Gasteiger partial charge in [0.05, 0.1) is 0 Å². The Balaban J connectivity index is 2.07. The Morgan fingerprint density at radius 1 is 1.39 bits per heavy atom. The summed E-state index contributed by atoms with van der Waals surface area (Å²) in [7, 11) is 0. The molecule has 0 radical (unpaired) electrons. The van der Waals surface area contributed by atoms with Gasteiger partial charge < -0.3 is 14.4 Å². The van der Waals surface area contributed by atoms with Gasteiger partial charge in [0.15, 0.2) is 5.88 Å². The molecule has 2 heterocycles. The second-order valence-corrected chi connectivity index (χ2v) is 5.20. The quantitative estimate of drug-likeness (QED) is 0.837. The monoisotopic (exact) mass is 249 g/mol. The highest BCUT2D eigenvalue weighted by Crippen LogP contribution is 2.27. The Morgan fingerprint density at radius 2 is 2.06 bits per heavy atom. The summed E-state index contributed by atoms with van der Waals surface area (Å²) < 4.78 is 5.65. The number of nitrogens with zero attached hydrogens (tertiary/aromatic N) is 1. The number of hydrogen-bond donors (Lipinski definition) is 1. The molecule has 2 unspecified atom stereocenters. The summed E-state index contributed by atoms with van der Waals surface area (Å²) in [5, 5.41) is 8.56. The van der Waals surface area contributed by atoms with Crippen molar-refractivity contribution in [3.63, 3.8) is 0 Å². The minimum absolute atomic E-state index is 0.582. The maximum Gasteiger partial charge on any atom is 0.328 e. The van der Waals surface area contributed by atoms with Gasteiger partial charge in [-0.3, -0.25) is 0 Å². The highest BCUT2D eigenvalue weighted by atomic mass is 16.4. The van der Waals surface area contributed by atoms with E-state index in [0.29, 0.717) is 17.6 Å². The van der Waals surface area contributed by atoms with Gasteiger partial charge in [-0.2, -0.15) is 0 Å². The molecule has 1 N–H and O–H groups in total. The number of piperidine rings is 1. The zero-order chi connectivity index (χ0) is 13.1.